The first kappa shape index (κ1) is 11.2. The molecule has 0 bridgehead atoms. The molecule has 2 rings (SSSR count). The fraction of sp³-hybridized carbons (Fsp3) is 0. The van der Waals surface area contributed by atoms with Gasteiger partial charge in [0.2, 0.25) is 0 Å². The second-order valence-electron chi connectivity index (χ2n) is 3.26. The highest BCUT2D eigenvalue weighted by atomic mass is 19.1. The number of benzene rings is 1. The molecule has 0 aliphatic carbocycles. The highest BCUT2D eigenvalue weighted by Gasteiger charge is 2.13. The molecule has 7 heteroatoms. The first-order chi connectivity index (χ1) is 8.11. The van der Waals surface area contributed by atoms with Gasteiger partial charge >= 0.3 is 0 Å². The maximum atomic E-state index is 13.4. The van der Waals surface area contributed by atoms with E-state index < -0.39 is 17.5 Å². The molecule has 0 radical (unpaired) electrons. The molecule has 0 saturated carbocycles. The number of aromatic amines is 1. The molecular weight excluding hydrogens is 230 g/mol. The fourth-order valence-electron chi connectivity index (χ4n) is 1.35. The molecule has 17 heavy (non-hydrogen) atoms. The van der Waals surface area contributed by atoms with Crippen molar-refractivity contribution in [3.05, 3.63) is 41.6 Å². The van der Waals surface area contributed by atoms with Gasteiger partial charge in [-0.25, -0.2) is 14.6 Å². The zero-order chi connectivity index (χ0) is 12.4. The van der Waals surface area contributed by atoms with E-state index in [4.69, 9.17) is 5.84 Å². The molecule has 0 fully saturated rings. The monoisotopic (exact) mass is 238 g/mol. The minimum atomic E-state index is -0.754. The molecule has 1 heterocycles. The predicted molar refractivity (Wildman–Crippen MR) is 55.6 cm³/mol. The Morgan fingerprint density at radius 2 is 2.12 bits per heavy atom. The first-order valence-corrected chi connectivity index (χ1v) is 4.63. The summed E-state index contributed by atoms with van der Waals surface area (Å²) in [7, 11) is 0. The SMILES string of the molecule is NNC(=O)c1cc(-c2ccc(F)cc2F)n[nH]1. The lowest BCUT2D eigenvalue weighted by Crippen LogP contribution is -2.30. The van der Waals surface area contributed by atoms with E-state index in [9.17, 15) is 13.6 Å². The third-order valence-corrected chi connectivity index (χ3v) is 2.16. The van der Waals surface area contributed by atoms with Crippen LogP contribution in [0, 0.1) is 11.6 Å². The Labute approximate surface area is 94.6 Å². The second kappa shape index (κ2) is 4.30. The smallest absolute Gasteiger partial charge is 0.283 e. The number of hydrogen-bond donors (Lipinski definition) is 3. The van der Waals surface area contributed by atoms with E-state index in [0.717, 1.165) is 12.1 Å². The van der Waals surface area contributed by atoms with Crippen molar-refractivity contribution < 1.29 is 13.6 Å². The summed E-state index contributed by atoms with van der Waals surface area (Å²) in [5.74, 6) is 2.92. The van der Waals surface area contributed by atoms with Crippen LogP contribution >= 0.6 is 0 Å². The molecule has 0 spiro atoms. The lowest BCUT2D eigenvalue weighted by Gasteiger charge is -1.98. The van der Waals surface area contributed by atoms with Crippen molar-refractivity contribution in [2.45, 2.75) is 0 Å². The van der Waals surface area contributed by atoms with E-state index in [-0.39, 0.29) is 17.0 Å². The van der Waals surface area contributed by atoms with Crippen molar-refractivity contribution in [3.63, 3.8) is 0 Å². The second-order valence-corrected chi connectivity index (χ2v) is 3.26. The van der Waals surface area contributed by atoms with Crippen LogP contribution in [-0.2, 0) is 0 Å². The Kier molecular flexibility index (Phi) is 2.84. The van der Waals surface area contributed by atoms with Gasteiger partial charge in [0.25, 0.3) is 5.91 Å². The topological polar surface area (TPSA) is 83.8 Å². The minimum absolute atomic E-state index is 0.0891. The Morgan fingerprint density at radius 1 is 1.35 bits per heavy atom. The Bertz CT molecular complexity index is 567. The summed E-state index contributed by atoms with van der Waals surface area (Å²) in [4.78, 5) is 11.1. The van der Waals surface area contributed by atoms with Crippen LogP contribution in [0.25, 0.3) is 11.3 Å². The van der Waals surface area contributed by atoms with Gasteiger partial charge in [-0.15, -0.1) is 0 Å². The number of nitrogens with one attached hydrogen (secondary N) is 2. The molecule has 1 aromatic carbocycles. The van der Waals surface area contributed by atoms with E-state index in [0.29, 0.717) is 0 Å². The van der Waals surface area contributed by atoms with E-state index in [1.807, 2.05) is 5.43 Å². The number of nitrogens with zero attached hydrogens (tertiary/aromatic N) is 1. The van der Waals surface area contributed by atoms with Crippen molar-refractivity contribution in [1.82, 2.24) is 15.6 Å². The van der Waals surface area contributed by atoms with Gasteiger partial charge in [-0.1, -0.05) is 0 Å². The zero-order valence-corrected chi connectivity index (χ0v) is 8.50. The third-order valence-electron chi connectivity index (χ3n) is 2.16. The summed E-state index contributed by atoms with van der Waals surface area (Å²) >= 11 is 0. The van der Waals surface area contributed by atoms with Gasteiger partial charge in [0.05, 0.1) is 5.69 Å². The fourth-order valence-corrected chi connectivity index (χ4v) is 1.35. The van der Waals surface area contributed by atoms with Gasteiger partial charge in [-0.2, -0.15) is 5.10 Å². The average molecular weight is 238 g/mol. The van der Waals surface area contributed by atoms with Crippen LogP contribution in [0.5, 0.6) is 0 Å². The van der Waals surface area contributed by atoms with Crippen LogP contribution < -0.4 is 11.3 Å². The van der Waals surface area contributed by atoms with Gasteiger partial charge in [-0.3, -0.25) is 15.3 Å². The van der Waals surface area contributed by atoms with Crippen molar-refractivity contribution in [1.29, 1.82) is 0 Å². The van der Waals surface area contributed by atoms with Gasteiger partial charge in [0.1, 0.15) is 17.3 Å². The van der Waals surface area contributed by atoms with Crippen LogP contribution in [0.15, 0.2) is 24.3 Å². The number of hydrogen-bond acceptors (Lipinski definition) is 3. The third kappa shape index (κ3) is 2.13. The summed E-state index contributed by atoms with van der Waals surface area (Å²) in [6.45, 7) is 0. The van der Waals surface area contributed by atoms with Crippen LogP contribution in [-0.4, -0.2) is 16.1 Å². The highest BCUT2D eigenvalue weighted by Crippen LogP contribution is 2.21. The molecule has 0 saturated heterocycles. The molecule has 0 aliphatic rings. The number of rotatable bonds is 2. The molecule has 0 unspecified atom stereocenters. The summed E-state index contributed by atoms with van der Waals surface area (Å²) in [5, 5.41) is 6.14. The van der Waals surface area contributed by atoms with Crippen molar-refractivity contribution in [3.8, 4) is 11.3 Å². The maximum Gasteiger partial charge on any atom is 0.283 e. The average Bonchev–Trinajstić information content (AvgIpc) is 2.77. The summed E-state index contributed by atoms with van der Waals surface area (Å²) < 4.78 is 26.1. The highest BCUT2D eigenvalue weighted by molar-refractivity contribution is 5.92. The summed E-state index contributed by atoms with van der Waals surface area (Å²) in [6.07, 6.45) is 0. The van der Waals surface area contributed by atoms with Crippen LogP contribution in [0.4, 0.5) is 8.78 Å². The summed E-state index contributed by atoms with van der Waals surface area (Å²) in [5.41, 5.74) is 2.29. The van der Waals surface area contributed by atoms with Crippen LogP contribution in [0.1, 0.15) is 10.5 Å². The molecule has 1 aromatic heterocycles. The lowest BCUT2D eigenvalue weighted by molar-refractivity contribution is 0.0948. The van der Waals surface area contributed by atoms with E-state index in [1.54, 1.807) is 0 Å². The molecule has 0 aliphatic heterocycles. The number of amides is 1. The Hall–Kier alpha value is -2.28. The number of carbonyl (C=O) groups excluding carboxylic acids is 1. The number of nitrogen functional groups attached to an aromatic ring is 1. The van der Waals surface area contributed by atoms with E-state index in [2.05, 4.69) is 10.2 Å². The first-order valence-electron chi connectivity index (χ1n) is 4.63. The van der Waals surface area contributed by atoms with Crippen molar-refractivity contribution in [2.75, 3.05) is 0 Å². The van der Waals surface area contributed by atoms with E-state index in [1.165, 1.54) is 12.1 Å². The van der Waals surface area contributed by atoms with Gasteiger partial charge in [-0.05, 0) is 18.2 Å². The standard InChI is InChI=1S/C10H8F2N4O/c11-5-1-2-6(7(12)3-5)8-4-9(16-15-8)10(17)14-13/h1-4H,13H2,(H,14,17)(H,15,16). The molecule has 0 atom stereocenters. The Morgan fingerprint density at radius 3 is 2.76 bits per heavy atom. The van der Waals surface area contributed by atoms with Gasteiger partial charge < -0.3 is 0 Å². The summed E-state index contributed by atoms with van der Waals surface area (Å²) in [6, 6.07) is 4.41. The molecule has 5 nitrogen and oxygen atoms in total. The van der Waals surface area contributed by atoms with Crippen LogP contribution in [0.3, 0.4) is 0 Å². The number of H-pyrrole nitrogens is 1. The Balaban J connectivity index is 2.40. The van der Waals surface area contributed by atoms with Crippen molar-refractivity contribution >= 4 is 5.91 Å². The number of nitrogens with two attached hydrogens (primary N) is 1. The lowest BCUT2D eigenvalue weighted by atomic mass is 10.1. The number of halogens is 2. The van der Waals surface area contributed by atoms with Crippen molar-refractivity contribution in [2.24, 2.45) is 5.84 Å². The zero-order valence-electron chi connectivity index (χ0n) is 8.50. The van der Waals surface area contributed by atoms with Crippen LogP contribution in [0.2, 0.25) is 0 Å². The molecular formula is C10H8F2N4O. The predicted octanol–water partition coefficient (Wildman–Crippen LogP) is 0.958. The van der Waals surface area contributed by atoms with Gasteiger partial charge in [0.15, 0.2) is 0 Å². The maximum absolute atomic E-state index is 13.4. The molecule has 1 amide bonds. The molecule has 4 N–H and O–H groups in total. The number of carbonyl (C=O) groups is 1. The number of aromatic nitrogens is 2. The minimum Gasteiger partial charge on any atom is -0.289 e. The number of hydrazine groups is 1. The largest absolute Gasteiger partial charge is 0.289 e. The van der Waals surface area contributed by atoms with E-state index >= 15 is 0 Å². The van der Waals surface area contributed by atoms with Gasteiger partial charge in [0, 0.05) is 11.6 Å². The molecule has 2 aromatic rings. The molecule has 88 valence electrons. The quantitative estimate of drug-likeness (QED) is 0.414. The normalized spacial score (nSPS) is 10.3.